The molecule has 0 aromatic heterocycles. The van der Waals surface area contributed by atoms with Gasteiger partial charge in [-0.25, -0.2) is 9.13 Å². The fourth-order valence-corrected chi connectivity index (χ4v) is 14.5. The van der Waals surface area contributed by atoms with Gasteiger partial charge in [-0.05, 0) is 37.5 Å². The highest BCUT2D eigenvalue weighted by Gasteiger charge is 2.30. The highest BCUT2D eigenvalue weighted by atomic mass is 31.2. The summed E-state index contributed by atoms with van der Waals surface area (Å²) in [6, 6.07) is 0. The zero-order valence-corrected chi connectivity index (χ0v) is 68.7. The van der Waals surface area contributed by atoms with E-state index in [2.05, 4.69) is 41.5 Å². The highest BCUT2D eigenvalue weighted by Crippen LogP contribution is 2.45. The molecule has 0 rings (SSSR count). The number of carbonyl (C=O) groups is 4. The molecule has 0 saturated carbocycles. The normalized spacial score (nSPS) is 13.9. The van der Waals surface area contributed by atoms with Gasteiger partial charge in [-0.2, -0.15) is 0 Å². The standard InChI is InChI=1S/C83H162O17P2/c1-7-9-11-13-14-15-16-17-18-19-20-21-25-28-33-38-43-48-54-60-66-81(86)94-72-79(100-83(88)68-61-55-49-44-39-34-29-26-23-22-24-27-31-36-41-46-52-57-63-75(3)4)74-98-102(91,92)96-70-77(84)69-95-101(89,90)97-73-78(71-93-80(85)65-59-51-12-10-8-2)99-82(87)67-62-56-50-45-40-35-30-32-37-42-47-53-58-64-76(5)6/h75-79,84H,7-74H2,1-6H3,(H,89,90)(H,91,92)/t77-,78+,79+/m0/s1. The lowest BCUT2D eigenvalue weighted by molar-refractivity contribution is -0.161. The van der Waals surface area contributed by atoms with Crippen LogP contribution >= 0.6 is 15.6 Å². The molecule has 17 nitrogen and oxygen atoms in total. The first-order valence-corrected chi connectivity index (χ1v) is 46.0. The Bertz CT molecular complexity index is 1960. The molecule has 0 saturated heterocycles. The van der Waals surface area contributed by atoms with Crippen molar-refractivity contribution in [1.82, 2.24) is 0 Å². The Labute approximate surface area is 626 Å². The highest BCUT2D eigenvalue weighted by molar-refractivity contribution is 7.47. The van der Waals surface area contributed by atoms with Gasteiger partial charge in [-0.15, -0.1) is 0 Å². The summed E-state index contributed by atoms with van der Waals surface area (Å²) in [6.07, 6.45) is 65.8. The fraction of sp³-hybridized carbons (Fsp3) is 0.952. The van der Waals surface area contributed by atoms with Gasteiger partial charge in [0.15, 0.2) is 12.2 Å². The molecule has 0 aliphatic heterocycles. The Kier molecular flexibility index (Phi) is 73.1. The molecule has 0 aromatic rings. The van der Waals surface area contributed by atoms with Crippen LogP contribution in [0.15, 0.2) is 0 Å². The molecule has 0 aromatic carbocycles. The molecular weight excluding hydrogens is 1330 g/mol. The van der Waals surface area contributed by atoms with Crippen molar-refractivity contribution in [3.05, 3.63) is 0 Å². The molecule has 0 radical (unpaired) electrons. The summed E-state index contributed by atoms with van der Waals surface area (Å²) in [5.41, 5.74) is 0. The van der Waals surface area contributed by atoms with Gasteiger partial charge in [-0.3, -0.25) is 37.3 Å². The average molecular weight is 1490 g/mol. The lowest BCUT2D eigenvalue weighted by Crippen LogP contribution is -2.30. The van der Waals surface area contributed by atoms with Crippen molar-refractivity contribution in [1.29, 1.82) is 0 Å². The first-order chi connectivity index (χ1) is 49.4. The molecule has 0 fully saturated rings. The van der Waals surface area contributed by atoms with Crippen molar-refractivity contribution in [3.8, 4) is 0 Å². The van der Waals surface area contributed by atoms with Crippen LogP contribution in [0.2, 0.25) is 0 Å². The molecule has 0 aliphatic rings. The van der Waals surface area contributed by atoms with Gasteiger partial charge in [0.1, 0.15) is 19.3 Å². The van der Waals surface area contributed by atoms with Crippen molar-refractivity contribution in [2.24, 2.45) is 11.8 Å². The number of unbranched alkanes of at least 4 members (excludes halogenated alkanes) is 52. The van der Waals surface area contributed by atoms with Crippen LogP contribution in [0.5, 0.6) is 0 Å². The Balaban J connectivity index is 5.11. The van der Waals surface area contributed by atoms with Crippen molar-refractivity contribution in [2.45, 2.75) is 458 Å². The first kappa shape index (κ1) is 100. The second kappa shape index (κ2) is 74.5. The lowest BCUT2D eigenvalue weighted by atomic mass is 10.0. The first-order valence-electron chi connectivity index (χ1n) is 43.0. The number of phosphoric ester groups is 2. The molecule has 2 unspecified atom stereocenters. The second-order valence-electron chi connectivity index (χ2n) is 30.8. The predicted octanol–water partition coefficient (Wildman–Crippen LogP) is 25.1. The Morgan fingerprint density at radius 3 is 0.667 bits per heavy atom. The van der Waals surface area contributed by atoms with Gasteiger partial charge in [0.2, 0.25) is 0 Å². The molecule has 606 valence electrons. The minimum atomic E-state index is -4.96. The zero-order valence-electron chi connectivity index (χ0n) is 66.9. The summed E-state index contributed by atoms with van der Waals surface area (Å²) in [6.45, 7) is 9.61. The predicted molar refractivity (Wildman–Crippen MR) is 418 cm³/mol. The van der Waals surface area contributed by atoms with Gasteiger partial charge < -0.3 is 33.8 Å². The number of aliphatic hydroxyl groups is 1. The zero-order chi connectivity index (χ0) is 74.9. The van der Waals surface area contributed by atoms with Crippen LogP contribution < -0.4 is 0 Å². The van der Waals surface area contributed by atoms with Crippen molar-refractivity contribution < 1.29 is 80.2 Å². The monoisotopic (exact) mass is 1490 g/mol. The molecule has 0 bridgehead atoms. The van der Waals surface area contributed by atoms with E-state index in [9.17, 15) is 43.2 Å². The lowest BCUT2D eigenvalue weighted by Gasteiger charge is -2.21. The number of esters is 4. The van der Waals surface area contributed by atoms with E-state index in [1.54, 1.807) is 0 Å². The number of phosphoric acid groups is 2. The summed E-state index contributed by atoms with van der Waals surface area (Å²) < 4.78 is 68.5. The van der Waals surface area contributed by atoms with E-state index in [0.29, 0.717) is 25.7 Å². The number of hydrogen-bond donors (Lipinski definition) is 3. The van der Waals surface area contributed by atoms with E-state index < -0.39 is 97.5 Å². The van der Waals surface area contributed by atoms with Crippen molar-refractivity contribution in [2.75, 3.05) is 39.6 Å². The SMILES string of the molecule is CCCCCCCCCCCCCCCCCCCCCCC(=O)OC[C@H](COP(=O)(O)OC[C@@H](O)COP(=O)(O)OC[C@@H](COC(=O)CCCCCCC)OC(=O)CCCCCCCCCCCCCCCC(C)C)OC(=O)CCCCCCCCCCCCCCCCCCCCC(C)C. The van der Waals surface area contributed by atoms with Gasteiger partial charge in [0.25, 0.3) is 0 Å². The van der Waals surface area contributed by atoms with E-state index in [4.69, 9.17) is 37.0 Å². The van der Waals surface area contributed by atoms with Crippen LogP contribution in [-0.2, 0) is 65.4 Å². The van der Waals surface area contributed by atoms with Crippen LogP contribution in [0, 0.1) is 11.8 Å². The van der Waals surface area contributed by atoms with Gasteiger partial charge >= 0.3 is 39.5 Å². The average Bonchev–Trinajstić information content (AvgIpc) is 1.06. The molecule has 0 aliphatic carbocycles. The third-order valence-electron chi connectivity index (χ3n) is 19.5. The third kappa shape index (κ3) is 76.3. The minimum absolute atomic E-state index is 0.107. The van der Waals surface area contributed by atoms with E-state index in [1.807, 2.05) is 0 Å². The summed E-state index contributed by atoms with van der Waals surface area (Å²) >= 11 is 0. The Hall–Kier alpha value is -1.94. The van der Waals surface area contributed by atoms with E-state index in [1.165, 1.54) is 250 Å². The molecule has 0 spiro atoms. The van der Waals surface area contributed by atoms with E-state index >= 15 is 0 Å². The number of carbonyl (C=O) groups excluding carboxylic acids is 4. The summed E-state index contributed by atoms with van der Waals surface area (Å²) in [4.78, 5) is 72.8. The fourth-order valence-electron chi connectivity index (χ4n) is 12.9. The summed E-state index contributed by atoms with van der Waals surface area (Å²) in [5.74, 6) is -0.511. The maximum absolute atomic E-state index is 13.1. The van der Waals surface area contributed by atoms with Crippen LogP contribution in [0.25, 0.3) is 0 Å². The summed E-state index contributed by atoms with van der Waals surface area (Å²) in [7, 11) is -9.91. The van der Waals surface area contributed by atoms with Crippen LogP contribution in [0.1, 0.15) is 440 Å². The molecule has 5 atom stereocenters. The molecule has 19 heteroatoms. The largest absolute Gasteiger partial charge is 0.472 e. The third-order valence-corrected chi connectivity index (χ3v) is 21.4. The second-order valence-corrected chi connectivity index (χ2v) is 33.7. The van der Waals surface area contributed by atoms with Crippen LogP contribution in [-0.4, -0.2) is 96.7 Å². The van der Waals surface area contributed by atoms with Crippen LogP contribution in [0.3, 0.4) is 0 Å². The number of hydrogen-bond acceptors (Lipinski definition) is 15. The van der Waals surface area contributed by atoms with Gasteiger partial charge in [-0.1, -0.05) is 388 Å². The topological polar surface area (TPSA) is 237 Å². The van der Waals surface area contributed by atoms with E-state index in [0.717, 1.165) is 108 Å². The minimum Gasteiger partial charge on any atom is -0.462 e. The van der Waals surface area contributed by atoms with Gasteiger partial charge in [0, 0.05) is 25.7 Å². The Morgan fingerprint density at radius 1 is 0.265 bits per heavy atom. The van der Waals surface area contributed by atoms with Crippen molar-refractivity contribution in [3.63, 3.8) is 0 Å². The number of aliphatic hydroxyl groups excluding tert-OH is 1. The molecule has 0 heterocycles. The number of rotatable bonds is 82. The van der Waals surface area contributed by atoms with Gasteiger partial charge in [0.05, 0.1) is 26.4 Å². The van der Waals surface area contributed by atoms with Crippen molar-refractivity contribution >= 4 is 39.5 Å². The maximum atomic E-state index is 13.1. The van der Waals surface area contributed by atoms with Crippen LogP contribution in [0.4, 0.5) is 0 Å². The Morgan fingerprint density at radius 2 is 0.451 bits per heavy atom. The maximum Gasteiger partial charge on any atom is 0.472 e. The smallest absolute Gasteiger partial charge is 0.462 e. The van der Waals surface area contributed by atoms with E-state index in [-0.39, 0.29) is 25.7 Å². The molecule has 3 N–H and O–H groups in total. The number of ether oxygens (including phenoxy) is 4. The molecular formula is C83H162O17P2. The summed E-state index contributed by atoms with van der Waals surface area (Å²) in [5, 5.41) is 10.6. The quantitative estimate of drug-likeness (QED) is 0.0222. The molecule has 102 heavy (non-hydrogen) atoms. The molecule has 0 amide bonds.